The summed E-state index contributed by atoms with van der Waals surface area (Å²) in [7, 11) is 6.36. The number of imidazole rings is 1. The first kappa shape index (κ1) is 31.6. The summed E-state index contributed by atoms with van der Waals surface area (Å²) in [5.74, 6) is 2.00. The second-order valence-electron chi connectivity index (χ2n) is 13.4. The van der Waals surface area contributed by atoms with Crippen LogP contribution in [0.25, 0.3) is 88.0 Å². The van der Waals surface area contributed by atoms with Crippen LogP contribution in [0, 0.1) is 18.5 Å². The number of rotatable bonds is 4. The first-order valence-electron chi connectivity index (χ1n) is 17.3. The fourth-order valence-corrected chi connectivity index (χ4v) is 8.42. The van der Waals surface area contributed by atoms with Crippen molar-refractivity contribution in [3.63, 3.8) is 0 Å². The van der Waals surface area contributed by atoms with Gasteiger partial charge in [-0.1, -0.05) is 77.9 Å². The number of ether oxygens (including phenoxy) is 1. The Balaban J connectivity index is 0.00000349. The van der Waals surface area contributed by atoms with Crippen LogP contribution in [0.1, 0.15) is 0 Å². The largest absolute Gasteiger partial charge is 0.510 e. The van der Waals surface area contributed by atoms with Crippen LogP contribution in [0.4, 0.5) is 0 Å². The van der Waals surface area contributed by atoms with Gasteiger partial charge in [0.05, 0.1) is 34.6 Å². The maximum absolute atomic E-state index is 6.59. The van der Waals surface area contributed by atoms with Crippen molar-refractivity contribution in [3.8, 4) is 23.0 Å². The predicted molar refractivity (Wildman–Crippen MR) is 208 cm³/mol. The minimum Gasteiger partial charge on any atom is -0.510 e. The molecule has 6 aromatic carbocycles. The Hall–Kier alpha value is -6.17. The quantitative estimate of drug-likeness (QED) is 0.131. The third-order valence-corrected chi connectivity index (χ3v) is 10.6. The van der Waals surface area contributed by atoms with E-state index in [1.54, 1.807) is 0 Å². The van der Waals surface area contributed by atoms with Crippen molar-refractivity contribution in [1.29, 1.82) is 0 Å². The SMILES string of the molecule is Cn1[c-][n+](-c2[c-]c(Oc3[c-]c4c(cc3)c3c5c6ccccc6n(C)c5c5c6ccccc6n(C)c5c3n4-c3ccccn3)ccc2)c2ccccc21.[Pt]. The van der Waals surface area contributed by atoms with E-state index in [0.717, 1.165) is 44.5 Å². The molecule has 0 fully saturated rings. The summed E-state index contributed by atoms with van der Waals surface area (Å²) in [5, 5.41) is 7.15. The molecule has 0 aliphatic heterocycles. The van der Waals surface area contributed by atoms with Crippen LogP contribution >= 0.6 is 0 Å². The van der Waals surface area contributed by atoms with Crippen LogP contribution in [0.5, 0.6) is 11.5 Å². The molecule has 0 saturated heterocycles. The zero-order valence-corrected chi connectivity index (χ0v) is 31.3. The summed E-state index contributed by atoms with van der Waals surface area (Å²) >= 11 is 0. The van der Waals surface area contributed by atoms with Crippen LogP contribution in [0.2, 0.25) is 0 Å². The van der Waals surface area contributed by atoms with E-state index in [2.05, 4.69) is 119 Å². The van der Waals surface area contributed by atoms with Crippen molar-refractivity contribution < 1.29 is 30.4 Å². The van der Waals surface area contributed by atoms with E-state index < -0.39 is 0 Å². The van der Waals surface area contributed by atoms with Gasteiger partial charge in [0.15, 0.2) is 0 Å². The van der Waals surface area contributed by atoms with Gasteiger partial charge in [0, 0.05) is 85.4 Å². The second-order valence-corrected chi connectivity index (χ2v) is 13.4. The molecule has 0 aliphatic carbocycles. The Morgan fingerprint density at radius 3 is 2.00 bits per heavy atom. The minimum absolute atomic E-state index is 0. The molecule has 11 rings (SSSR count). The zero-order chi connectivity index (χ0) is 34.7. The van der Waals surface area contributed by atoms with Crippen LogP contribution in [-0.4, -0.2) is 23.3 Å². The average molecular weight is 866 g/mol. The predicted octanol–water partition coefficient (Wildman–Crippen LogP) is 9.43. The fourth-order valence-electron chi connectivity index (χ4n) is 8.42. The molecule has 0 unspecified atom stereocenters. The maximum atomic E-state index is 6.59. The van der Waals surface area contributed by atoms with Gasteiger partial charge in [-0.2, -0.15) is 18.2 Å². The van der Waals surface area contributed by atoms with Crippen molar-refractivity contribution in [2.24, 2.45) is 21.1 Å². The van der Waals surface area contributed by atoms with Crippen molar-refractivity contribution in [1.82, 2.24) is 23.3 Å². The van der Waals surface area contributed by atoms with Crippen molar-refractivity contribution in [3.05, 3.63) is 146 Å². The van der Waals surface area contributed by atoms with Crippen molar-refractivity contribution in [2.75, 3.05) is 0 Å². The van der Waals surface area contributed by atoms with Crippen molar-refractivity contribution >= 4 is 76.5 Å². The Morgan fingerprint density at radius 2 is 1.23 bits per heavy atom. The monoisotopic (exact) mass is 865 g/mol. The topological polar surface area (TPSA) is 45.7 Å². The molecular weight excluding hydrogens is 836 g/mol. The first-order valence-corrected chi connectivity index (χ1v) is 17.3. The zero-order valence-electron chi connectivity index (χ0n) is 29.0. The van der Waals surface area contributed by atoms with Gasteiger partial charge in [0.25, 0.3) is 0 Å². The van der Waals surface area contributed by atoms with E-state index in [9.17, 15) is 0 Å². The molecule has 0 atom stereocenters. The van der Waals surface area contributed by atoms with Crippen LogP contribution in [-0.2, 0) is 42.2 Å². The van der Waals surface area contributed by atoms with E-state index in [-0.39, 0.29) is 21.1 Å². The van der Waals surface area contributed by atoms with Gasteiger partial charge in [-0.25, -0.2) is 4.98 Å². The molecule has 0 bridgehead atoms. The molecule has 7 nitrogen and oxygen atoms in total. The third-order valence-electron chi connectivity index (χ3n) is 10.6. The van der Waals surface area contributed by atoms with Gasteiger partial charge in [0.2, 0.25) is 6.33 Å². The third kappa shape index (κ3) is 4.38. The second kappa shape index (κ2) is 11.7. The van der Waals surface area contributed by atoms with E-state index in [1.165, 1.54) is 43.5 Å². The van der Waals surface area contributed by atoms with Crippen LogP contribution in [0.3, 0.4) is 0 Å². The molecule has 5 aromatic heterocycles. The Labute approximate surface area is 318 Å². The average Bonchev–Trinajstić information content (AvgIpc) is 3.89. The normalized spacial score (nSPS) is 11.9. The summed E-state index contributed by atoms with van der Waals surface area (Å²) in [5.41, 5.74) is 9.70. The summed E-state index contributed by atoms with van der Waals surface area (Å²) < 4.78 is 17.6. The van der Waals surface area contributed by atoms with Crippen LogP contribution < -0.4 is 9.30 Å². The molecule has 0 spiro atoms. The summed E-state index contributed by atoms with van der Waals surface area (Å²) in [4.78, 5) is 4.92. The van der Waals surface area contributed by atoms with Gasteiger partial charge in [-0.3, -0.25) is 0 Å². The molecule has 5 heterocycles. The molecule has 0 aliphatic rings. The van der Waals surface area contributed by atoms with Crippen LogP contribution in [0.15, 0.2) is 128 Å². The number of fused-ring (bicyclic) bond motifs is 13. The van der Waals surface area contributed by atoms with E-state index in [4.69, 9.17) is 9.72 Å². The molecular formula is C45H30N6OPt-2. The Kier molecular flexibility index (Phi) is 6.95. The van der Waals surface area contributed by atoms with Gasteiger partial charge < -0.3 is 27.6 Å². The van der Waals surface area contributed by atoms with E-state index in [0.29, 0.717) is 11.5 Å². The Morgan fingerprint density at radius 1 is 0.566 bits per heavy atom. The summed E-state index contributed by atoms with van der Waals surface area (Å²) in [6.45, 7) is 0. The number of para-hydroxylation sites is 4. The number of aryl methyl sites for hydroxylation is 3. The molecule has 258 valence electrons. The molecule has 0 amide bonds. The first-order chi connectivity index (χ1) is 25.6. The summed E-state index contributed by atoms with van der Waals surface area (Å²) in [6.07, 6.45) is 5.26. The Bertz CT molecular complexity index is 3260. The smallest absolute Gasteiger partial charge is 0.242 e. The van der Waals surface area contributed by atoms with Gasteiger partial charge in [-0.05, 0) is 29.7 Å². The fraction of sp³-hybridized carbons (Fsp3) is 0.0667. The van der Waals surface area contributed by atoms with Gasteiger partial charge >= 0.3 is 0 Å². The molecule has 0 radical (unpaired) electrons. The molecule has 53 heavy (non-hydrogen) atoms. The number of benzene rings is 6. The number of hydrogen-bond donors (Lipinski definition) is 0. The number of nitrogens with zero attached hydrogens (tertiary/aromatic N) is 6. The number of aromatic nitrogens is 6. The summed E-state index contributed by atoms with van der Waals surface area (Å²) in [6, 6.07) is 49.1. The standard InChI is InChI=1S/C45H30N6O.Pt/c1-47-27-50(37-20-9-8-19-36(37)47)28-13-12-14-29(25-28)52-30-22-23-33-38(26-30)51(39-21-10-11-24-46-39)45-41(33)40-31-15-4-6-17-34(31)48(2)43(40)42-32-16-5-7-18-35(32)49(3)44(42)45;/h4-24H,1-3H3;/q-2;. The molecule has 11 aromatic rings. The molecule has 0 saturated carbocycles. The number of pyridine rings is 1. The van der Waals surface area contributed by atoms with Gasteiger partial charge in [-0.15, -0.1) is 29.7 Å². The van der Waals surface area contributed by atoms with E-state index in [1.807, 2.05) is 70.9 Å². The van der Waals surface area contributed by atoms with Crippen molar-refractivity contribution in [2.45, 2.75) is 0 Å². The van der Waals surface area contributed by atoms with E-state index >= 15 is 0 Å². The van der Waals surface area contributed by atoms with Gasteiger partial charge in [0.1, 0.15) is 5.82 Å². The minimum atomic E-state index is 0. The number of hydrogen-bond acceptors (Lipinski definition) is 2. The molecule has 8 heteroatoms. The molecule has 0 N–H and O–H groups in total. The maximum Gasteiger partial charge on any atom is 0.242 e.